The van der Waals surface area contributed by atoms with Gasteiger partial charge >= 0.3 is 0 Å². The number of amides is 1. The lowest BCUT2D eigenvalue weighted by atomic mass is 10.2. The second kappa shape index (κ2) is 9.17. The molecule has 0 saturated carbocycles. The van der Waals surface area contributed by atoms with Crippen LogP contribution in [0.5, 0.6) is 11.5 Å². The Balaban J connectivity index is 1.84. The SMILES string of the molecule is CCCOc1ccc(/C=C2/SC(=Nc3ccc(Cl)cc3)N(C)C2=O)cc1OC. The molecule has 1 heterocycles. The van der Waals surface area contributed by atoms with Gasteiger partial charge in [-0.1, -0.05) is 24.6 Å². The molecule has 1 amide bonds. The zero-order valence-electron chi connectivity index (χ0n) is 15.9. The van der Waals surface area contributed by atoms with Gasteiger partial charge in [0.15, 0.2) is 16.7 Å². The number of thioether (sulfide) groups is 1. The van der Waals surface area contributed by atoms with E-state index in [-0.39, 0.29) is 5.91 Å². The van der Waals surface area contributed by atoms with E-state index in [0.29, 0.717) is 33.2 Å². The van der Waals surface area contributed by atoms with Crippen molar-refractivity contribution >= 4 is 46.2 Å². The van der Waals surface area contributed by atoms with E-state index in [4.69, 9.17) is 21.1 Å². The van der Waals surface area contributed by atoms with Crippen LogP contribution < -0.4 is 9.47 Å². The predicted octanol–water partition coefficient (Wildman–Crippen LogP) is 5.37. The zero-order valence-corrected chi connectivity index (χ0v) is 17.5. The highest BCUT2D eigenvalue weighted by Crippen LogP contribution is 2.35. The van der Waals surface area contributed by atoms with Gasteiger partial charge in [-0.15, -0.1) is 0 Å². The summed E-state index contributed by atoms with van der Waals surface area (Å²) in [4.78, 5) is 19.3. The van der Waals surface area contributed by atoms with Crippen LogP contribution in [0.4, 0.5) is 5.69 Å². The van der Waals surface area contributed by atoms with E-state index in [1.165, 1.54) is 11.8 Å². The molecule has 0 N–H and O–H groups in total. The van der Waals surface area contributed by atoms with Crippen molar-refractivity contribution < 1.29 is 14.3 Å². The summed E-state index contributed by atoms with van der Waals surface area (Å²) < 4.78 is 11.1. The molecule has 0 atom stereocenters. The standard InChI is InChI=1S/C21H21ClN2O3S/c1-4-11-27-17-10-5-14(12-18(17)26-3)13-19-20(25)24(2)21(28-19)23-16-8-6-15(22)7-9-16/h5-10,12-13H,4,11H2,1-3H3/b19-13+,23-21?. The summed E-state index contributed by atoms with van der Waals surface area (Å²) in [6, 6.07) is 12.8. The van der Waals surface area contributed by atoms with Crippen molar-refractivity contribution in [3.8, 4) is 11.5 Å². The molecule has 0 unspecified atom stereocenters. The van der Waals surface area contributed by atoms with Crippen molar-refractivity contribution in [2.24, 2.45) is 4.99 Å². The molecule has 1 aliphatic rings. The van der Waals surface area contributed by atoms with Crippen molar-refractivity contribution in [2.75, 3.05) is 20.8 Å². The number of methoxy groups -OCH3 is 1. The summed E-state index contributed by atoms with van der Waals surface area (Å²) >= 11 is 7.25. The first-order chi connectivity index (χ1) is 13.5. The van der Waals surface area contributed by atoms with Crippen LogP contribution in [0, 0.1) is 0 Å². The average molecular weight is 417 g/mol. The van der Waals surface area contributed by atoms with Gasteiger partial charge in [-0.3, -0.25) is 9.69 Å². The summed E-state index contributed by atoms with van der Waals surface area (Å²) in [6.07, 6.45) is 2.75. The fourth-order valence-electron chi connectivity index (χ4n) is 2.53. The van der Waals surface area contributed by atoms with Gasteiger partial charge in [0.2, 0.25) is 0 Å². The van der Waals surface area contributed by atoms with Gasteiger partial charge in [0.05, 0.1) is 24.3 Å². The van der Waals surface area contributed by atoms with Gasteiger partial charge in [0.1, 0.15) is 0 Å². The van der Waals surface area contributed by atoms with E-state index in [0.717, 1.165) is 17.7 Å². The van der Waals surface area contributed by atoms with E-state index in [9.17, 15) is 4.79 Å². The Kier molecular flexibility index (Phi) is 6.65. The summed E-state index contributed by atoms with van der Waals surface area (Å²) in [5, 5.41) is 1.27. The minimum Gasteiger partial charge on any atom is -0.493 e. The van der Waals surface area contributed by atoms with Crippen molar-refractivity contribution in [2.45, 2.75) is 13.3 Å². The van der Waals surface area contributed by atoms with Gasteiger partial charge in [0.25, 0.3) is 5.91 Å². The van der Waals surface area contributed by atoms with E-state index in [1.54, 1.807) is 31.2 Å². The summed E-state index contributed by atoms with van der Waals surface area (Å²) in [7, 11) is 3.32. The molecule has 0 bridgehead atoms. The number of hydrogen-bond acceptors (Lipinski definition) is 5. The van der Waals surface area contributed by atoms with Crippen LogP contribution >= 0.6 is 23.4 Å². The van der Waals surface area contributed by atoms with E-state index in [1.807, 2.05) is 43.3 Å². The lowest BCUT2D eigenvalue weighted by Gasteiger charge is -2.10. The number of nitrogens with zero attached hydrogens (tertiary/aromatic N) is 2. The number of benzene rings is 2. The van der Waals surface area contributed by atoms with Crippen LogP contribution in [0.1, 0.15) is 18.9 Å². The largest absolute Gasteiger partial charge is 0.493 e. The molecule has 1 aliphatic heterocycles. The molecule has 1 fully saturated rings. The molecule has 3 rings (SSSR count). The number of hydrogen-bond donors (Lipinski definition) is 0. The molecule has 7 heteroatoms. The normalized spacial score (nSPS) is 16.9. The average Bonchev–Trinajstić information content (AvgIpc) is 2.96. The zero-order chi connectivity index (χ0) is 20.1. The molecular weight excluding hydrogens is 396 g/mol. The number of rotatable bonds is 6. The maximum absolute atomic E-state index is 12.6. The van der Waals surface area contributed by atoms with Crippen LogP contribution in [-0.4, -0.2) is 36.7 Å². The minimum absolute atomic E-state index is 0.0945. The van der Waals surface area contributed by atoms with Gasteiger partial charge in [-0.25, -0.2) is 4.99 Å². The third-order valence-electron chi connectivity index (χ3n) is 4.00. The fourth-order valence-corrected chi connectivity index (χ4v) is 3.65. The Morgan fingerprint density at radius 3 is 2.61 bits per heavy atom. The molecule has 5 nitrogen and oxygen atoms in total. The topological polar surface area (TPSA) is 51.1 Å². The van der Waals surface area contributed by atoms with Crippen molar-refractivity contribution in [3.05, 3.63) is 58.0 Å². The molecule has 2 aromatic rings. The molecule has 0 aromatic heterocycles. The van der Waals surface area contributed by atoms with Gasteiger partial charge < -0.3 is 9.47 Å². The highest BCUT2D eigenvalue weighted by atomic mass is 35.5. The first kappa shape index (κ1) is 20.3. The maximum atomic E-state index is 12.6. The van der Waals surface area contributed by atoms with Crippen molar-refractivity contribution in [1.82, 2.24) is 4.90 Å². The first-order valence-corrected chi connectivity index (χ1v) is 10.0. The molecule has 1 saturated heterocycles. The van der Waals surface area contributed by atoms with E-state index >= 15 is 0 Å². The van der Waals surface area contributed by atoms with Gasteiger partial charge in [-0.05, 0) is 66.2 Å². The van der Waals surface area contributed by atoms with Crippen LogP contribution in [0.3, 0.4) is 0 Å². The highest BCUT2D eigenvalue weighted by molar-refractivity contribution is 8.18. The number of amidine groups is 1. The summed E-state index contributed by atoms with van der Waals surface area (Å²) in [5.41, 5.74) is 1.60. The Morgan fingerprint density at radius 1 is 1.18 bits per heavy atom. The summed E-state index contributed by atoms with van der Waals surface area (Å²) in [6.45, 7) is 2.67. The second-order valence-corrected chi connectivity index (χ2v) is 7.55. The third-order valence-corrected chi connectivity index (χ3v) is 5.31. The molecule has 0 spiro atoms. The smallest absolute Gasteiger partial charge is 0.266 e. The van der Waals surface area contributed by atoms with Crippen molar-refractivity contribution in [1.29, 1.82) is 0 Å². The number of aliphatic imine (C=N–C) groups is 1. The molecule has 0 aliphatic carbocycles. The van der Waals surface area contributed by atoms with Crippen molar-refractivity contribution in [3.63, 3.8) is 0 Å². The quantitative estimate of drug-likeness (QED) is 0.594. The molecule has 2 aromatic carbocycles. The number of carbonyl (C=O) groups excluding carboxylic acids is 1. The molecule has 28 heavy (non-hydrogen) atoms. The van der Waals surface area contributed by atoms with Crippen LogP contribution in [0.2, 0.25) is 5.02 Å². The second-order valence-electron chi connectivity index (χ2n) is 6.10. The Morgan fingerprint density at radius 2 is 1.93 bits per heavy atom. The summed E-state index contributed by atoms with van der Waals surface area (Å²) in [5.74, 6) is 1.24. The predicted molar refractivity (Wildman–Crippen MR) is 116 cm³/mol. The third kappa shape index (κ3) is 4.69. The number of halogens is 1. The number of ether oxygens (including phenoxy) is 2. The van der Waals surface area contributed by atoms with E-state index in [2.05, 4.69) is 4.99 Å². The lowest BCUT2D eigenvalue weighted by molar-refractivity contribution is -0.121. The van der Waals surface area contributed by atoms with Crippen LogP contribution in [0.25, 0.3) is 6.08 Å². The fraction of sp³-hybridized carbons (Fsp3) is 0.238. The first-order valence-electron chi connectivity index (χ1n) is 8.84. The number of likely N-dealkylation sites (N-methyl/N-ethyl adjacent to an activating group) is 1. The Bertz CT molecular complexity index is 926. The molecule has 146 valence electrons. The monoisotopic (exact) mass is 416 g/mol. The van der Waals surface area contributed by atoms with E-state index < -0.39 is 0 Å². The van der Waals surface area contributed by atoms with Gasteiger partial charge in [0, 0.05) is 12.1 Å². The maximum Gasteiger partial charge on any atom is 0.266 e. The van der Waals surface area contributed by atoms with Crippen LogP contribution in [-0.2, 0) is 4.79 Å². The minimum atomic E-state index is -0.0945. The van der Waals surface area contributed by atoms with Crippen LogP contribution in [0.15, 0.2) is 52.4 Å². The Hall–Kier alpha value is -2.44. The van der Waals surface area contributed by atoms with Gasteiger partial charge in [-0.2, -0.15) is 0 Å². The lowest BCUT2D eigenvalue weighted by Crippen LogP contribution is -2.23. The highest BCUT2D eigenvalue weighted by Gasteiger charge is 2.30. The molecular formula is C21H21ClN2O3S. The molecule has 0 radical (unpaired) electrons. The Labute approximate surface area is 174 Å². The number of carbonyl (C=O) groups is 1.